The first-order chi connectivity index (χ1) is 9.59. The lowest BCUT2D eigenvalue weighted by Crippen LogP contribution is -2.40. The molecule has 1 saturated heterocycles. The third kappa shape index (κ3) is 2.08. The molecule has 0 atom stereocenters. The number of imidazole rings is 1. The predicted octanol–water partition coefficient (Wildman–Crippen LogP) is 2.39. The third-order valence-electron chi connectivity index (χ3n) is 4.59. The summed E-state index contributed by atoms with van der Waals surface area (Å²) in [4.78, 5) is 15.0. The van der Waals surface area contributed by atoms with Crippen LogP contribution in [-0.4, -0.2) is 33.2 Å². The van der Waals surface area contributed by atoms with Gasteiger partial charge in [0, 0.05) is 32.2 Å². The molecule has 0 aliphatic carbocycles. The van der Waals surface area contributed by atoms with Gasteiger partial charge in [-0.2, -0.15) is 0 Å². The molecule has 1 aromatic heterocycles. The maximum absolute atomic E-state index is 12.5. The van der Waals surface area contributed by atoms with Gasteiger partial charge in [-0.3, -0.25) is 9.13 Å². The molecule has 4 heteroatoms. The van der Waals surface area contributed by atoms with Gasteiger partial charge in [0.05, 0.1) is 11.0 Å². The second-order valence-electron chi connectivity index (χ2n) is 6.06. The van der Waals surface area contributed by atoms with E-state index in [1.165, 1.54) is 0 Å². The van der Waals surface area contributed by atoms with Crippen molar-refractivity contribution < 1.29 is 0 Å². The van der Waals surface area contributed by atoms with E-state index in [-0.39, 0.29) is 5.69 Å². The summed E-state index contributed by atoms with van der Waals surface area (Å²) in [6, 6.07) is 9.03. The van der Waals surface area contributed by atoms with Gasteiger partial charge in [-0.25, -0.2) is 4.79 Å². The van der Waals surface area contributed by atoms with E-state index >= 15 is 0 Å². The van der Waals surface area contributed by atoms with Gasteiger partial charge in [0.25, 0.3) is 0 Å². The second-order valence-corrected chi connectivity index (χ2v) is 6.06. The lowest BCUT2D eigenvalue weighted by molar-refractivity contribution is 0.152. The number of fused-ring (bicyclic) bond motifs is 1. The van der Waals surface area contributed by atoms with Crippen molar-refractivity contribution >= 4 is 11.0 Å². The Balaban J connectivity index is 1.96. The number of likely N-dealkylation sites (tertiary alicyclic amines) is 1. The summed E-state index contributed by atoms with van der Waals surface area (Å²) >= 11 is 0. The van der Waals surface area contributed by atoms with Crippen LogP contribution < -0.4 is 5.69 Å². The number of benzene rings is 1. The number of aromatic nitrogens is 2. The van der Waals surface area contributed by atoms with Crippen molar-refractivity contribution in [3.63, 3.8) is 0 Å². The quantitative estimate of drug-likeness (QED) is 0.841. The Labute approximate surface area is 119 Å². The zero-order valence-corrected chi connectivity index (χ0v) is 12.5. The van der Waals surface area contributed by atoms with Gasteiger partial charge in [-0.1, -0.05) is 12.1 Å². The smallest absolute Gasteiger partial charge is 0.301 e. The van der Waals surface area contributed by atoms with E-state index in [4.69, 9.17) is 0 Å². The van der Waals surface area contributed by atoms with Crippen LogP contribution in [0.3, 0.4) is 0 Å². The number of hydrogen-bond acceptors (Lipinski definition) is 2. The first-order valence-electron chi connectivity index (χ1n) is 7.49. The highest BCUT2D eigenvalue weighted by Crippen LogP contribution is 2.26. The largest absolute Gasteiger partial charge is 0.329 e. The van der Waals surface area contributed by atoms with Gasteiger partial charge in [0.1, 0.15) is 0 Å². The molecule has 1 fully saturated rings. The highest BCUT2D eigenvalue weighted by atomic mass is 16.1. The summed E-state index contributed by atoms with van der Waals surface area (Å²) in [5.41, 5.74) is 2.22. The van der Waals surface area contributed by atoms with Gasteiger partial charge in [0.15, 0.2) is 0 Å². The molecule has 2 aromatic rings. The lowest BCUT2D eigenvalue weighted by atomic mass is 10.0. The Bertz CT molecular complexity index is 660. The minimum absolute atomic E-state index is 0.120. The highest BCUT2D eigenvalue weighted by molar-refractivity contribution is 5.76. The molecular formula is C16H23N3O. The fourth-order valence-electron chi connectivity index (χ4n) is 3.33. The molecule has 3 rings (SSSR count). The van der Waals surface area contributed by atoms with Gasteiger partial charge >= 0.3 is 5.69 Å². The molecule has 0 radical (unpaired) electrons. The van der Waals surface area contributed by atoms with E-state index in [9.17, 15) is 4.79 Å². The summed E-state index contributed by atoms with van der Waals surface area (Å²) < 4.78 is 3.77. The zero-order valence-electron chi connectivity index (χ0n) is 12.5. The molecule has 0 amide bonds. The van der Waals surface area contributed by atoms with Crippen molar-refractivity contribution in [3.8, 4) is 0 Å². The number of aryl methyl sites for hydroxylation is 1. The molecule has 1 aliphatic heterocycles. The Morgan fingerprint density at radius 3 is 2.30 bits per heavy atom. The van der Waals surface area contributed by atoms with Crippen LogP contribution in [0, 0.1) is 0 Å². The maximum Gasteiger partial charge on any atom is 0.329 e. The summed E-state index contributed by atoms with van der Waals surface area (Å²) in [7, 11) is 1.87. The molecule has 0 unspecified atom stereocenters. The molecule has 4 nitrogen and oxygen atoms in total. The lowest BCUT2D eigenvalue weighted by Gasteiger charge is -2.35. The Hall–Kier alpha value is -1.55. The number of nitrogens with zero attached hydrogens (tertiary/aromatic N) is 3. The van der Waals surface area contributed by atoms with Crippen molar-refractivity contribution in [2.45, 2.75) is 38.8 Å². The SMILES string of the molecule is CC(C)N1CCC(n2c(=O)n(C)c3ccccc32)CC1. The highest BCUT2D eigenvalue weighted by Gasteiger charge is 2.25. The van der Waals surface area contributed by atoms with Crippen LogP contribution in [0.15, 0.2) is 29.1 Å². The Kier molecular flexibility index (Phi) is 3.42. The van der Waals surface area contributed by atoms with E-state index in [0.29, 0.717) is 12.1 Å². The van der Waals surface area contributed by atoms with Crippen molar-refractivity contribution in [1.29, 1.82) is 0 Å². The second kappa shape index (κ2) is 5.09. The monoisotopic (exact) mass is 273 g/mol. The molecule has 20 heavy (non-hydrogen) atoms. The minimum atomic E-state index is 0.120. The zero-order chi connectivity index (χ0) is 14.3. The van der Waals surface area contributed by atoms with E-state index in [2.05, 4.69) is 24.8 Å². The molecule has 0 spiro atoms. The van der Waals surface area contributed by atoms with Gasteiger partial charge < -0.3 is 4.90 Å². The summed E-state index contributed by atoms with van der Waals surface area (Å²) in [5.74, 6) is 0. The van der Waals surface area contributed by atoms with Crippen molar-refractivity contribution in [2.24, 2.45) is 7.05 Å². The van der Waals surface area contributed by atoms with E-state index in [0.717, 1.165) is 37.0 Å². The van der Waals surface area contributed by atoms with Gasteiger partial charge in [-0.05, 0) is 38.8 Å². The molecule has 1 aliphatic rings. The first-order valence-corrected chi connectivity index (χ1v) is 7.49. The minimum Gasteiger partial charge on any atom is -0.301 e. The van der Waals surface area contributed by atoms with Crippen LogP contribution >= 0.6 is 0 Å². The van der Waals surface area contributed by atoms with Crippen LogP contribution in [0.5, 0.6) is 0 Å². The van der Waals surface area contributed by atoms with Gasteiger partial charge in [0.2, 0.25) is 0 Å². The normalized spacial score (nSPS) is 18.2. The summed E-state index contributed by atoms with van der Waals surface area (Å²) in [6.07, 6.45) is 2.12. The predicted molar refractivity (Wildman–Crippen MR) is 82.2 cm³/mol. The van der Waals surface area contributed by atoms with Crippen LogP contribution in [0.25, 0.3) is 11.0 Å². The van der Waals surface area contributed by atoms with Crippen molar-refractivity contribution in [2.75, 3.05) is 13.1 Å². The van der Waals surface area contributed by atoms with E-state index < -0.39 is 0 Å². The van der Waals surface area contributed by atoms with Gasteiger partial charge in [-0.15, -0.1) is 0 Å². The molecular weight excluding hydrogens is 250 g/mol. The standard InChI is InChI=1S/C16H23N3O/c1-12(2)18-10-8-13(9-11-18)19-15-7-5-4-6-14(15)17(3)16(19)20/h4-7,12-13H,8-11H2,1-3H3. The number of para-hydroxylation sites is 2. The third-order valence-corrected chi connectivity index (χ3v) is 4.59. The summed E-state index contributed by atoms with van der Waals surface area (Å²) in [6.45, 7) is 6.64. The number of piperidine rings is 1. The average molecular weight is 273 g/mol. The van der Waals surface area contributed by atoms with Crippen molar-refractivity contribution in [1.82, 2.24) is 14.0 Å². The molecule has 108 valence electrons. The number of rotatable bonds is 2. The first kappa shape index (κ1) is 13.4. The van der Waals surface area contributed by atoms with Crippen molar-refractivity contribution in [3.05, 3.63) is 34.7 Å². The van der Waals surface area contributed by atoms with Crippen LogP contribution in [0.4, 0.5) is 0 Å². The average Bonchev–Trinajstić information content (AvgIpc) is 2.72. The van der Waals surface area contributed by atoms with Crippen LogP contribution in [0.1, 0.15) is 32.7 Å². The molecule has 1 aromatic carbocycles. The van der Waals surface area contributed by atoms with E-state index in [1.807, 2.05) is 29.8 Å². The van der Waals surface area contributed by atoms with Crippen LogP contribution in [0.2, 0.25) is 0 Å². The van der Waals surface area contributed by atoms with Crippen LogP contribution in [-0.2, 0) is 7.05 Å². The molecule has 2 heterocycles. The molecule has 0 saturated carbocycles. The topological polar surface area (TPSA) is 30.2 Å². The Morgan fingerprint density at radius 1 is 1.10 bits per heavy atom. The molecule has 0 bridgehead atoms. The fraction of sp³-hybridized carbons (Fsp3) is 0.562. The summed E-state index contributed by atoms with van der Waals surface area (Å²) in [5, 5.41) is 0. The maximum atomic E-state index is 12.5. The fourth-order valence-corrected chi connectivity index (χ4v) is 3.33. The Morgan fingerprint density at radius 2 is 1.70 bits per heavy atom. The molecule has 0 N–H and O–H groups in total. The van der Waals surface area contributed by atoms with E-state index in [1.54, 1.807) is 4.57 Å². The number of hydrogen-bond donors (Lipinski definition) is 0.